The molecule has 1 N–H and O–H groups in total. The monoisotopic (exact) mass is 349 g/mol. The summed E-state index contributed by atoms with van der Waals surface area (Å²) < 4.78 is 5.37. The number of hydrogen-bond donors (Lipinski definition) is 1. The Bertz CT molecular complexity index is 840. The van der Waals surface area contributed by atoms with Crippen LogP contribution in [0, 0.1) is 0 Å². The second kappa shape index (κ2) is 7.01. The van der Waals surface area contributed by atoms with Crippen LogP contribution >= 0.6 is 0 Å². The summed E-state index contributed by atoms with van der Waals surface area (Å²) in [5.74, 6) is -0.349. The van der Waals surface area contributed by atoms with Crippen molar-refractivity contribution in [2.45, 2.75) is 0 Å². The largest absolute Gasteiger partial charge is 0.378 e. The fraction of sp³-hybridized carbons (Fsp3) is 0.200. The predicted octanol–water partition coefficient (Wildman–Crippen LogP) is 2.62. The van der Waals surface area contributed by atoms with Gasteiger partial charge in [0.05, 0.1) is 18.9 Å². The highest BCUT2D eigenvalue weighted by atomic mass is 16.5. The van der Waals surface area contributed by atoms with E-state index in [1.807, 2.05) is 30.3 Å². The van der Waals surface area contributed by atoms with Gasteiger partial charge in [0.1, 0.15) is 5.70 Å². The Hall–Kier alpha value is -3.12. The number of hydrogen-bond acceptors (Lipinski definition) is 4. The number of ether oxygens (including phenoxy) is 1. The van der Waals surface area contributed by atoms with Crippen molar-refractivity contribution in [3.63, 3.8) is 0 Å². The third kappa shape index (κ3) is 3.19. The number of amides is 3. The molecule has 3 amide bonds. The van der Waals surface area contributed by atoms with Gasteiger partial charge in [-0.2, -0.15) is 0 Å². The molecule has 132 valence electrons. The van der Waals surface area contributed by atoms with E-state index in [0.29, 0.717) is 5.69 Å². The molecule has 0 spiro atoms. The first-order chi connectivity index (χ1) is 12.7. The molecule has 0 radical (unpaired) electrons. The number of carbonyl (C=O) groups excluding carboxylic acids is 2. The third-order valence-corrected chi connectivity index (χ3v) is 4.47. The van der Waals surface area contributed by atoms with Crippen LogP contribution in [0.3, 0.4) is 0 Å². The number of rotatable bonds is 3. The number of anilines is 2. The number of benzene rings is 2. The molecule has 2 aromatic carbocycles. The molecule has 0 aliphatic carbocycles. The molecular formula is C20H19N3O3. The number of urea groups is 1. The maximum Gasteiger partial charge on any atom is 0.333 e. The quantitative estimate of drug-likeness (QED) is 0.683. The van der Waals surface area contributed by atoms with Crippen molar-refractivity contribution < 1.29 is 14.3 Å². The highest BCUT2D eigenvalue weighted by Gasteiger charge is 2.34. The van der Waals surface area contributed by atoms with Crippen LogP contribution in [0.5, 0.6) is 0 Å². The van der Waals surface area contributed by atoms with Gasteiger partial charge in [-0.1, -0.05) is 30.3 Å². The molecule has 6 nitrogen and oxygen atoms in total. The Morgan fingerprint density at radius 3 is 2.27 bits per heavy atom. The van der Waals surface area contributed by atoms with Gasteiger partial charge in [0.2, 0.25) is 0 Å². The molecule has 0 saturated carbocycles. The van der Waals surface area contributed by atoms with E-state index in [2.05, 4.69) is 10.2 Å². The lowest BCUT2D eigenvalue weighted by atomic mass is 10.1. The van der Waals surface area contributed by atoms with Gasteiger partial charge >= 0.3 is 6.03 Å². The Morgan fingerprint density at radius 1 is 0.885 bits per heavy atom. The smallest absolute Gasteiger partial charge is 0.333 e. The fourth-order valence-corrected chi connectivity index (χ4v) is 3.12. The second-order valence-corrected chi connectivity index (χ2v) is 6.16. The van der Waals surface area contributed by atoms with Crippen molar-refractivity contribution in [1.82, 2.24) is 5.32 Å². The minimum atomic E-state index is -0.433. The van der Waals surface area contributed by atoms with Crippen LogP contribution in [-0.2, 0) is 9.53 Å². The number of nitrogens with one attached hydrogen (secondary N) is 1. The van der Waals surface area contributed by atoms with E-state index < -0.39 is 6.03 Å². The van der Waals surface area contributed by atoms with Crippen molar-refractivity contribution in [3.8, 4) is 0 Å². The lowest BCUT2D eigenvalue weighted by Gasteiger charge is -2.28. The first-order valence-corrected chi connectivity index (χ1v) is 8.57. The zero-order chi connectivity index (χ0) is 17.9. The molecule has 2 aliphatic heterocycles. The van der Waals surface area contributed by atoms with Crippen LogP contribution in [0.15, 0.2) is 60.3 Å². The maximum atomic E-state index is 12.6. The highest BCUT2D eigenvalue weighted by molar-refractivity contribution is 6.28. The highest BCUT2D eigenvalue weighted by Crippen LogP contribution is 2.23. The molecular weight excluding hydrogens is 330 g/mol. The van der Waals surface area contributed by atoms with Gasteiger partial charge in [-0.15, -0.1) is 0 Å². The lowest BCUT2D eigenvalue weighted by molar-refractivity contribution is -0.113. The number of morpholine rings is 1. The summed E-state index contributed by atoms with van der Waals surface area (Å²) in [6.07, 6.45) is 1.70. The van der Waals surface area contributed by atoms with Crippen molar-refractivity contribution >= 4 is 29.4 Å². The molecule has 4 rings (SSSR count). The first kappa shape index (κ1) is 16.4. The molecule has 2 aliphatic rings. The van der Waals surface area contributed by atoms with Gasteiger partial charge in [-0.05, 0) is 35.9 Å². The van der Waals surface area contributed by atoms with E-state index in [4.69, 9.17) is 4.74 Å². The van der Waals surface area contributed by atoms with Crippen molar-refractivity contribution in [3.05, 3.63) is 65.9 Å². The van der Waals surface area contributed by atoms with Crippen molar-refractivity contribution in [2.24, 2.45) is 0 Å². The topological polar surface area (TPSA) is 61.9 Å². The van der Waals surface area contributed by atoms with Crippen molar-refractivity contribution in [1.29, 1.82) is 0 Å². The molecule has 2 aromatic rings. The van der Waals surface area contributed by atoms with Gasteiger partial charge < -0.3 is 15.0 Å². The van der Waals surface area contributed by atoms with Gasteiger partial charge in [-0.25, -0.2) is 9.69 Å². The summed E-state index contributed by atoms with van der Waals surface area (Å²) in [5.41, 5.74) is 2.82. The van der Waals surface area contributed by atoms with E-state index >= 15 is 0 Å². The summed E-state index contributed by atoms with van der Waals surface area (Å²) in [5, 5.41) is 2.65. The molecule has 0 unspecified atom stereocenters. The normalized spacial score (nSPS) is 19.2. The molecule has 6 heteroatoms. The Kier molecular flexibility index (Phi) is 4.41. The molecule has 0 atom stereocenters. The van der Waals surface area contributed by atoms with Crippen LogP contribution in [0.4, 0.5) is 16.2 Å². The molecule has 2 fully saturated rings. The summed E-state index contributed by atoms with van der Waals surface area (Å²) >= 11 is 0. The average Bonchev–Trinajstić information content (AvgIpc) is 2.97. The predicted molar refractivity (Wildman–Crippen MR) is 99.9 cm³/mol. The minimum Gasteiger partial charge on any atom is -0.378 e. The molecule has 2 heterocycles. The van der Waals surface area contributed by atoms with Gasteiger partial charge in [0.25, 0.3) is 5.91 Å². The van der Waals surface area contributed by atoms with Crippen LogP contribution < -0.4 is 15.1 Å². The van der Waals surface area contributed by atoms with Crippen molar-refractivity contribution in [2.75, 3.05) is 36.1 Å². The summed E-state index contributed by atoms with van der Waals surface area (Å²) in [6, 6.07) is 16.4. The minimum absolute atomic E-state index is 0.276. The van der Waals surface area contributed by atoms with E-state index in [1.165, 1.54) is 0 Å². The Balaban J connectivity index is 1.53. The second-order valence-electron chi connectivity index (χ2n) is 6.16. The number of para-hydroxylation sites is 1. The number of carbonyl (C=O) groups is 2. The first-order valence-electron chi connectivity index (χ1n) is 8.57. The maximum absolute atomic E-state index is 12.6. The van der Waals surface area contributed by atoms with E-state index in [-0.39, 0.29) is 11.6 Å². The van der Waals surface area contributed by atoms with Gasteiger partial charge in [-0.3, -0.25) is 4.79 Å². The number of imide groups is 1. The zero-order valence-corrected chi connectivity index (χ0v) is 14.2. The van der Waals surface area contributed by atoms with Gasteiger partial charge in [0, 0.05) is 18.8 Å². The third-order valence-electron chi connectivity index (χ3n) is 4.47. The van der Waals surface area contributed by atoms with Crippen LogP contribution in [0.2, 0.25) is 0 Å². The summed E-state index contributed by atoms with van der Waals surface area (Å²) in [7, 11) is 0. The Morgan fingerprint density at radius 2 is 1.58 bits per heavy atom. The SMILES string of the molecule is O=C1NC(=Cc2ccc(N3CCOCC3)cc2)C(=O)N1c1ccccc1. The standard InChI is InChI=1S/C20H19N3O3/c24-19-18(21-20(25)23(19)17-4-2-1-3-5-17)14-15-6-8-16(9-7-15)22-10-12-26-13-11-22/h1-9,14H,10-13H2,(H,21,25). The molecule has 26 heavy (non-hydrogen) atoms. The van der Waals surface area contributed by atoms with Crippen LogP contribution in [-0.4, -0.2) is 38.2 Å². The zero-order valence-electron chi connectivity index (χ0n) is 14.2. The summed E-state index contributed by atoms with van der Waals surface area (Å²) in [4.78, 5) is 28.2. The average molecular weight is 349 g/mol. The van der Waals surface area contributed by atoms with E-state index in [0.717, 1.165) is 42.5 Å². The van der Waals surface area contributed by atoms with E-state index in [9.17, 15) is 9.59 Å². The lowest BCUT2D eigenvalue weighted by Crippen LogP contribution is -2.36. The molecule has 0 bridgehead atoms. The summed E-state index contributed by atoms with van der Waals surface area (Å²) in [6.45, 7) is 3.23. The van der Waals surface area contributed by atoms with Crippen LogP contribution in [0.1, 0.15) is 5.56 Å². The number of nitrogens with zero attached hydrogens (tertiary/aromatic N) is 2. The molecule has 0 aromatic heterocycles. The van der Waals surface area contributed by atoms with Crippen LogP contribution in [0.25, 0.3) is 6.08 Å². The van der Waals surface area contributed by atoms with E-state index in [1.54, 1.807) is 30.3 Å². The van der Waals surface area contributed by atoms with Gasteiger partial charge in [0.15, 0.2) is 0 Å². The fourth-order valence-electron chi connectivity index (χ4n) is 3.12. The Labute approximate surface area is 151 Å². The molecule has 2 saturated heterocycles.